The predicted octanol–water partition coefficient (Wildman–Crippen LogP) is 2.68. The van der Waals surface area contributed by atoms with Gasteiger partial charge in [0.05, 0.1) is 42.8 Å². The largest absolute Gasteiger partial charge is 0.443 e. The number of hydrogen-bond acceptors (Lipinski definition) is 8. The van der Waals surface area contributed by atoms with E-state index in [1.807, 2.05) is 44.2 Å². The van der Waals surface area contributed by atoms with E-state index in [4.69, 9.17) is 14.2 Å². The molecular weight excluding hydrogens is 536 g/mol. The van der Waals surface area contributed by atoms with E-state index in [0.29, 0.717) is 12.2 Å². The number of alkyl carbamates (subject to hydrolysis) is 1. The molecule has 0 saturated carbocycles. The molecule has 0 aliphatic carbocycles. The summed E-state index contributed by atoms with van der Waals surface area (Å²) in [5.41, 5.74) is 1.47. The molecule has 11 heteroatoms. The molecule has 2 heterocycles. The third kappa shape index (κ3) is 7.59. The second-order valence-corrected chi connectivity index (χ2v) is 12.6. The van der Waals surface area contributed by atoms with Crippen LogP contribution in [-0.4, -0.2) is 79.9 Å². The maximum Gasteiger partial charge on any atom is 0.407 e. The average molecular weight is 577 g/mol. The Kier molecular flexibility index (Phi) is 10.6. The van der Waals surface area contributed by atoms with Crippen LogP contribution in [0.25, 0.3) is 0 Å². The maximum absolute atomic E-state index is 13.7. The van der Waals surface area contributed by atoms with Crippen LogP contribution < -0.4 is 5.32 Å². The number of hydrogen-bond donors (Lipinski definition) is 3. The van der Waals surface area contributed by atoms with Gasteiger partial charge < -0.3 is 29.7 Å². The first-order valence-electron chi connectivity index (χ1n) is 13.8. The van der Waals surface area contributed by atoms with Crippen LogP contribution in [0.4, 0.5) is 4.79 Å². The number of fused-ring (bicyclic) bond motifs is 1. The third-order valence-electron chi connectivity index (χ3n) is 7.66. The number of benzene rings is 2. The van der Waals surface area contributed by atoms with E-state index >= 15 is 0 Å². The van der Waals surface area contributed by atoms with Crippen molar-refractivity contribution in [2.75, 3.05) is 26.3 Å². The Morgan fingerprint density at radius 1 is 1.10 bits per heavy atom. The van der Waals surface area contributed by atoms with Crippen LogP contribution in [0.15, 0.2) is 59.5 Å². The average Bonchev–Trinajstić information content (AvgIpc) is 3.58. The Labute approximate surface area is 236 Å². The molecular formula is C29H40N2O8S. The summed E-state index contributed by atoms with van der Waals surface area (Å²) in [6.07, 6.45) is -0.988. The normalized spacial score (nSPS) is 23.0. The van der Waals surface area contributed by atoms with Crippen molar-refractivity contribution in [2.24, 2.45) is 11.8 Å². The van der Waals surface area contributed by atoms with Gasteiger partial charge in [-0.25, -0.2) is 13.2 Å². The van der Waals surface area contributed by atoms with Crippen LogP contribution in [0.3, 0.4) is 0 Å². The molecule has 0 radical (unpaired) electrons. The molecule has 0 aromatic heterocycles. The Morgan fingerprint density at radius 3 is 2.50 bits per heavy atom. The molecule has 1 unspecified atom stereocenters. The third-order valence-corrected chi connectivity index (χ3v) is 9.50. The van der Waals surface area contributed by atoms with Crippen LogP contribution in [0.5, 0.6) is 0 Å². The molecule has 2 fully saturated rings. The van der Waals surface area contributed by atoms with Crippen molar-refractivity contribution >= 4 is 16.1 Å². The van der Waals surface area contributed by atoms with Gasteiger partial charge in [-0.3, -0.25) is 0 Å². The summed E-state index contributed by atoms with van der Waals surface area (Å²) in [4.78, 5) is 13.1. The maximum atomic E-state index is 13.7. The topological polar surface area (TPSA) is 135 Å². The number of ether oxygens (including phenoxy) is 3. The Hall–Kier alpha value is -2.54. The molecule has 40 heavy (non-hydrogen) atoms. The van der Waals surface area contributed by atoms with Gasteiger partial charge in [-0.05, 0) is 42.0 Å². The fourth-order valence-electron chi connectivity index (χ4n) is 5.02. The Bertz CT molecular complexity index is 1190. The smallest absolute Gasteiger partial charge is 0.407 e. The molecule has 0 bridgehead atoms. The minimum Gasteiger partial charge on any atom is -0.443 e. The second kappa shape index (κ2) is 13.9. The standard InChI is InChI=1S/C29H40N2O8S/c1-3-20(2)16-31(40(35,36)23-11-9-22(18-32)10-12-23)17-26(33)25(15-21-7-5-4-6-8-21)30-29(34)39-27-19-38-28-24(27)13-14-37-28/h4-12,20,24-28,32-33H,3,13-19H2,1-2H3,(H,30,34)/t20?,24-,25-,26+,27-,28+/m0/s1. The number of carbonyl (C=O) groups is 1. The number of sulfonamides is 1. The zero-order valence-electron chi connectivity index (χ0n) is 23.0. The van der Waals surface area contributed by atoms with Crippen molar-refractivity contribution in [1.29, 1.82) is 0 Å². The molecule has 2 aliphatic heterocycles. The molecule has 2 aliphatic rings. The predicted molar refractivity (Wildman–Crippen MR) is 148 cm³/mol. The minimum atomic E-state index is -3.97. The summed E-state index contributed by atoms with van der Waals surface area (Å²) in [7, 11) is -3.97. The van der Waals surface area contributed by atoms with Crippen LogP contribution in [0.1, 0.15) is 37.8 Å². The summed E-state index contributed by atoms with van der Waals surface area (Å²) < 4.78 is 45.4. The highest BCUT2D eigenvalue weighted by Crippen LogP contribution is 2.33. The molecule has 1 amide bonds. The van der Waals surface area contributed by atoms with E-state index in [1.165, 1.54) is 16.4 Å². The van der Waals surface area contributed by atoms with E-state index < -0.39 is 34.4 Å². The quantitative estimate of drug-likeness (QED) is 0.331. The lowest BCUT2D eigenvalue weighted by atomic mass is 10.0. The van der Waals surface area contributed by atoms with Crippen LogP contribution in [0, 0.1) is 11.8 Å². The van der Waals surface area contributed by atoms with Crippen molar-refractivity contribution in [3.63, 3.8) is 0 Å². The van der Waals surface area contributed by atoms with Crippen molar-refractivity contribution < 1.29 is 37.6 Å². The fourth-order valence-corrected chi connectivity index (χ4v) is 6.60. The van der Waals surface area contributed by atoms with Crippen LogP contribution in [-0.2, 0) is 37.3 Å². The molecule has 220 valence electrons. The lowest BCUT2D eigenvalue weighted by molar-refractivity contribution is -0.0907. The van der Waals surface area contributed by atoms with Crippen molar-refractivity contribution in [3.05, 3.63) is 65.7 Å². The first kappa shape index (κ1) is 30.4. The first-order valence-corrected chi connectivity index (χ1v) is 15.3. The molecule has 2 aromatic carbocycles. The number of rotatable bonds is 13. The molecule has 3 N–H and O–H groups in total. The monoisotopic (exact) mass is 576 g/mol. The number of nitrogens with one attached hydrogen (secondary N) is 1. The Morgan fingerprint density at radius 2 is 1.82 bits per heavy atom. The first-order chi connectivity index (χ1) is 19.2. The summed E-state index contributed by atoms with van der Waals surface area (Å²) in [5, 5.41) is 23.6. The lowest BCUT2D eigenvalue weighted by Crippen LogP contribution is -2.51. The zero-order chi connectivity index (χ0) is 28.7. The molecule has 2 saturated heterocycles. The van der Waals surface area contributed by atoms with Crippen molar-refractivity contribution in [3.8, 4) is 0 Å². The van der Waals surface area contributed by atoms with Crippen LogP contribution in [0.2, 0.25) is 0 Å². The van der Waals surface area contributed by atoms with Gasteiger partial charge >= 0.3 is 6.09 Å². The van der Waals surface area contributed by atoms with Gasteiger partial charge in [-0.2, -0.15) is 4.31 Å². The van der Waals surface area contributed by atoms with Gasteiger partial charge in [-0.1, -0.05) is 62.7 Å². The van der Waals surface area contributed by atoms with Gasteiger partial charge in [0.15, 0.2) is 6.29 Å². The van der Waals surface area contributed by atoms with Crippen LogP contribution >= 0.6 is 0 Å². The van der Waals surface area contributed by atoms with E-state index in [0.717, 1.165) is 18.4 Å². The second-order valence-electron chi connectivity index (χ2n) is 10.6. The van der Waals surface area contributed by atoms with E-state index in [1.54, 1.807) is 12.1 Å². The highest BCUT2D eigenvalue weighted by Gasteiger charge is 2.44. The van der Waals surface area contributed by atoms with E-state index in [2.05, 4.69) is 5.32 Å². The number of aliphatic hydroxyl groups excluding tert-OH is 2. The highest BCUT2D eigenvalue weighted by atomic mass is 32.2. The van der Waals surface area contributed by atoms with E-state index in [-0.39, 0.29) is 55.7 Å². The molecule has 6 atom stereocenters. The summed E-state index contributed by atoms with van der Waals surface area (Å²) >= 11 is 0. The summed E-state index contributed by atoms with van der Waals surface area (Å²) in [5.74, 6) is 0.00441. The number of aliphatic hydroxyl groups is 2. The SMILES string of the molecule is CCC(C)CN(C[C@@H](O)[C@H](Cc1ccccc1)NC(=O)O[C@H]1CO[C@H]2OCC[C@H]21)S(=O)(=O)c1ccc(CO)cc1. The molecule has 2 aromatic rings. The zero-order valence-corrected chi connectivity index (χ0v) is 23.8. The summed E-state index contributed by atoms with van der Waals surface area (Å²) in [6, 6.07) is 14.6. The Balaban J connectivity index is 1.52. The van der Waals surface area contributed by atoms with Gasteiger partial charge in [0.1, 0.15) is 6.10 Å². The number of carbonyl (C=O) groups excluding carboxylic acids is 1. The summed E-state index contributed by atoms with van der Waals surface area (Å²) in [6.45, 7) is 4.49. The van der Waals surface area contributed by atoms with Gasteiger partial charge in [0.2, 0.25) is 10.0 Å². The minimum absolute atomic E-state index is 0.0309. The highest BCUT2D eigenvalue weighted by molar-refractivity contribution is 7.89. The fraction of sp³-hybridized carbons (Fsp3) is 0.552. The molecule has 10 nitrogen and oxygen atoms in total. The lowest BCUT2D eigenvalue weighted by Gasteiger charge is -2.31. The van der Waals surface area contributed by atoms with Gasteiger partial charge in [0.25, 0.3) is 0 Å². The van der Waals surface area contributed by atoms with Crippen molar-refractivity contribution in [1.82, 2.24) is 9.62 Å². The van der Waals surface area contributed by atoms with Gasteiger partial charge in [-0.15, -0.1) is 0 Å². The number of amides is 1. The molecule has 4 rings (SSSR count). The number of nitrogens with zero attached hydrogens (tertiary/aromatic N) is 1. The van der Waals surface area contributed by atoms with Gasteiger partial charge in [0, 0.05) is 13.1 Å². The molecule has 0 spiro atoms. The van der Waals surface area contributed by atoms with E-state index in [9.17, 15) is 23.4 Å². The van der Waals surface area contributed by atoms with Crippen molar-refractivity contribution in [2.45, 2.75) is 69.2 Å².